The predicted octanol–water partition coefficient (Wildman–Crippen LogP) is 3.23. The molecule has 0 bridgehead atoms. The van der Waals surface area contributed by atoms with E-state index in [0.29, 0.717) is 18.2 Å². The highest BCUT2D eigenvalue weighted by Gasteiger charge is 2.25. The zero-order valence-corrected chi connectivity index (χ0v) is 11.9. The molecule has 0 radical (unpaired) electrons. The number of aromatic amines is 1. The number of H-pyrrole nitrogens is 1. The number of hydrogen-bond acceptors (Lipinski definition) is 2. The van der Waals surface area contributed by atoms with Gasteiger partial charge in [0.15, 0.2) is 5.82 Å². The summed E-state index contributed by atoms with van der Waals surface area (Å²) in [6.07, 6.45) is 2.78. The number of rotatable bonds is 4. The van der Waals surface area contributed by atoms with E-state index in [0.717, 1.165) is 15.7 Å². The Kier molecular flexibility index (Phi) is 3.38. The van der Waals surface area contributed by atoms with Crippen molar-refractivity contribution in [3.05, 3.63) is 46.1 Å². The third-order valence-corrected chi connectivity index (χ3v) is 3.63. The molecule has 3 rings (SSSR count). The summed E-state index contributed by atoms with van der Waals surface area (Å²) in [5.74, 6) is 1.18. The van der Waals surface area contributed by atoms with E-state index < -0.39 is 0 Å². The zero-order valence-electron chi connectivity index (χ0n) is 10.3. The van der Waals surface area contributed by atoms with E-state index in [1.54, 1.807) is 0 Å². The van der Waals surface area contributed by atoms with Crippen LogP contribution in [0.25, 0.3) is 0 Å². The van der Waals surface area contributed by atoms with Crippen molar-refractivity contribution in [3.63, 3.8) is 0 Å². The summed E-state index contributed by atoms with van der Waals surface area (Å²) < 4.78 is 0.980. The average molecular weight is 320 g/mol. The molecule has 19 heavy (non-hydrogen) atoms. The number of carbonyl (C=O) groups excluding carboxylic acids is 1. The van der Waals surface area contributed by atoms with Crippen LogP contribution in [0.4, 0.5) is 5.82 Å². The molecular formula is C14H14BrN3O. The Morgan fingerprint density at radius 2 is 2.26 bits per heavy atom. The molecule has 5 heteroatoms. The van der Waals surface area contributed by atoms with Crippen LogP contribution >= 0.6 is 15.9 Å². The molecule has 1 aliphatic rings. The Hall–Kier alpha value is -1.62. The van der Waals surface area contributed by atoms with Gasteiger partial charge in [-0.2, -0.15) is 5.10 Å². The van der Waals surface area contributed by atoms with Crippen LogP contribution in [0.5, 0.6) is 0 Å². The van der Waals surface area contributed by atoms with Gasteiger partial charge in [0, 0.05) is 22.2 Å². The molecular weight excluding hydrogens is 306 g/mol. The van der Waals surface area contributed by atoms with Gasteiger partial charge in [0.25, 0.3) is 0 Å². The van der Waals surface area contributed by atoms with Gasteiger partial charge < -0.3 is 5.32 Å². The molecule has 1 fully saturated rings. The molecule has 2 aromatic rings. The van der Waals surface area contributed by atoms with Crippen LogP contribution in [0.3, 0.4) is 0 Å². The SMILES string of the molecule is O=C(Cc1cccc(Br)c1)Nc1cc(C2CC2)[nH]n1. The number of nitrogens with one attached hydrogen (secondary N) is 2. The first-order chi connectivity index (χ1) is 9.20. The summed E-state index contributed by atoms with van der Waals surface area (Å²) in [7, 11) is 0. The average Bonchev–Trinajstić information content (AvgIpc) is 3.11. The Labute approximate surface area is 119 Å². The first-order valence-corrected chi connectivity index (χ1v) is 7.09. The Bertz CT molecular complexity index is 604. The standard InChI is InChI=1S/C14H14BrN3O/c15-11-3-1-2-9(6-11)7-14(19)16-13-8-12(17-18-13)10-4-5-10/h1-3,6,8,10H,4-5,7H2,(H2,16,17,18,19). The number of amides is 1. The van der Waals surface area contributed by atoms with Crippen LogP contribution in [-0.2, 0) is 11.2 Å². The van der Waals surface area contributed by atoms with Crippen LogP contribution < -0.4 is 5.32 Å². The summed E-state index contributed by atoms with van der Waals surface area (Å²) in [5.41, 5.74) is 2.10. The molecule has 98 valence electrons. The predicted molar refractivity (Wildman–Crippen MR) is 77.0 cm³/mol. The van der Waals surface area contributed by atoms with Crippen LogP contribution in [0.15, 0.2) is 34.8 Å². The number of benzene rings is 1. The maximum absolute atomic E-state index is 11.9. The Morgan fingerprint density at radius 1 is 1.42 bits per heavy atom. The van der Waals surface area contributed by atoms with Gasteiger partial charge >= 0.3 is 0 Å². The van der Waals surface area contributed by atoms with Crippen molar-refractivity contribution in [1.82, 2.24) is 10.2 Å². The fourth-order valence-corrected chi connectivity index (χ4v) is 2.47. The molecule has 1 aromatic carbocycles. The minimum absolute atomic E-state index is 0.0491. The van der Waals surface area contributed by atoms with Crippen LogP contribution in [0.2, 0.25) is 0 Å². The second-order valence-electron chi connectivity index (χ2n) is 4.84. The Morgan fingerprint density at radius 3 is 3.00 bits per heavy atom. The summed E-state index contributed by atoms with van der Waals surface area (Å²) in [5, 5.41) is 9.90. The van der Waals surface area contributed by atoms with E-state index in [9.17, 15) is 4.79 Å². The highest BCUT2D eigenvalue weighted by atomic mass is 79.9. The topological polar surface area (TPSA) is 57.8 Å². The summed E-state index contributed by atoms with van der Waals surface area (Å²) >= 11 is 3.40. The van der Waals surface area contributed by atoms with E-state index in [-0.39, 0.29) is 5.91 Å². The van der Waals surface area contributed by atoms with Crippen molar-refractivity contribution in [3.8, 4) is 0 Å². The summed E-state index contributed by atoms with van der Waals surface area (Å²) in [6.45, 7) is 0. The molecule has 1 aliphatic carbocycles. The third-order valence-electron chi connectivity index (χ3n) is 3.14. The lowest BCUT2D eigenvalue weighted by molar-refractivity contribution is -0.115. The van der Waals surface area contributed by atoms with Gasteiger partial charge in [-0.3, -0.25) is 9.89 Å². The van der Waals surface area contributed by atoms with Crippen molar-refractivity contribution in [2.45, 2.75) is 25.2 Å². The van der Waals surface area contributed by atoms with Gasteiger partial charge in [-0.05, 0) is 30.5 Å². The fourth-order valence-electron chi connectivity index (χ4n) is 2.02. The number of anilines is 1. The largest absolute Gasteiger partial charge is 0.309 e. The van der Waals surface area contributed by atoms with Crippen LogP contribution in [-0.4, -0.2) is 16.1 Å². The lowest BCUT2D eigenvalue weighted by Gasteiger charge is -2.02. The van der Waals surface area contributed by atoms with Crippen molar-refractivity contribution in [2.75, 3.05) is 5.32 Å². The van der Waals surface area contributed by atoms with Gasteiger partial charge in [-0.15, -0.1) is 0 Å². The van der Waals surface area contributed by atoms with Gasteiger partial charge in [0.2, 0.25) is 5.91 Å². The third kappa shape index (κ3) is 3.23. The second kappa shape index (κ2) is 5.17. The lowest BCUT2D eigenvalue weighted by atomic mass is 10.1. The quantitative estimate of drug-likeness (QED) is 0.909. The fraction of sp³-hybridized carbons (Fsp3) is 0.286. The lowest BCUT2D eigenvalue weighted by Crippen LogP contribution is -2.14. The van der Waals surface area contributed by atoms with Crippen molar-refractivity contribution in [1.29, 1.82) is 0 Å². The van der Waals surface area contributed by atoms with E-state index in [2.05, 4.69) is 31.4 Å². The second-order valence-corrected chi connectivity index (χ2v) is 5.75. The molecule has 4 nitrogen and oxygen atoms in total. The molecule has 2 N–H and O–H groups in total. The summed E-state index contributed by atoms with van der Waals surface area (Å²) in [4.78, 5) is 11.9. The number of nitrogens with zero attached hydrogens (tertiary/aromatic N) is 1. The van der Waals surface area contributed by atoms with Crippen molar-refractivity contribution >= 4 is 27.7 Å². The first kappa shape index (κ1) is 12.4. The highest BCUT2D eigenvalue weighted by molar-refractivity contribution is 9.10. The number of aromatic nitrogens is 2. The minimum atomic E-state index is -0.0491. The Balaban J connectivity index is 1.61. The highest BCUT2D eigenvalue weighted by Crippen LogP contribution is 2.39. The minimum Gasteiger partial charge on any atom is -0.309 e. The van der Waals surface area contributed by atoms with Gasteiger partial charge in [-0.25, -0.2) is 0 Å². The van der Waals surface area contributed by atoms with E-state index in [1.807, 2.05) is 30.3 Å². The van der Waals surface area contributed by atoms with Gasteiger partial charge in [0.1, 0.15) is 0 Å². The molecule has 0 saturated heterocycles. The van der Waals surface area contributed by atoms with Crippen LogP contribution in [0.1, 0.15) is 30.0 Å². The maximum atomic E-state index is 11.9. The number of carbonyl (C=O) groups is 1. The maximum Gasteiger partial charge on any atom is 0.229 e. The molecule has 0 spiro atoms. The van der Waals surface area contributed by atoms with E-state index >= 15 is 0 Å². The molecule has 0 unspecified atom stereocenters. The number of halogens is 1. The van der Waals surface area contributed by atoms with Gasteiger partial charge in [0.05, 0.1) is 6.42 Å². The first-order valence-electron chi connectivity index (χ1n) is 6.30. The monoisotopic (exact) mass is 319 g/mol. The zero-order chi connectivity index (χ0) is 13.2. The molecule has 0 atom stereocenters. The van der Waals surface area contributed by atoms with Crippen LogP contribution in [0, 0.1) is 0 Å². The van der Waals surface area contributed by atoms with Crippen molar-refractivity contribution < 1.29 is 4.79 Å². The number of hydrogen-bond donors (Lipinski definition) is 2. The van der Waals surface area contributed by atoms with E-state index in [4.69, 9.17) is 0 Å². The molecule has 0 aliphatic heterocycles. The molecule has 1 aromatic heterocycles. The van der Waals surface area contributed by atoms with E-state index in [1.165, 1.54) is 12.8 Å². The summed E-state index contributed by atoms with van der Waals surface area (Å²) in [6, 6.07) is 9.67. The van der Waals surface area contributed by atoms with Crippen molar-refractivity contribution in [2.24, 2.45) is 0 Å². The molecule has 1 saturated carbocycles. The molecule has 1 amide bonds. The van der Waals surface area contributed by atoms with Gasteiger partial charge in [-0.1, -0.05) is 28.1 Å². The normalized spacial score (nSPS) is 14.4. The molecule has 1 heterocycles. The smallest absolute Gasteiger partial charge is 0.229 e.